The number of aromatic nitrogens is 1. The topological polar surface area (TPSA) is 48.1 Å². The summed E-state index contributed by atoms with van der Waals surface area (Å²) >= 11 is 0. The van der Waals surface area contributed by atoms with Gasteiger partial charge in [-0.2, -0.15) is 0 Å². The Balaban J connectivity index is 1.88. The fourth-order valence-electron chi connectivity index (χ4n) is 2.82. The summed E-state index contributed by atoms with van der Waals surface area (Å²) in [7, 11) is 1.92. The van der Waals surface area contributed by atoms with E-state index in [0.717, 1.165) is 42.4 Å². The number of benzene rings is 1. The molecule has 1 aromatic carbocycles. The fraction of sp³-hybridized carbons (Fsp3) is 0.400. The second kappa shape index (κ2) is 5.05. The lowest BCUT2D eigenvalue weighted by Crippen LogP contribution is -2.44. The zero-order valence-electron chi connectivity index (χ0n) is 11.1. The molecular formula is C15H19N3O. The number of piperidine rings is 1. The monoisotopic (exact) mass is 257 g/mol. The Kier molecular flexibility index (Phi) is 3.25. The van der Waals surface area contributed by atoms with E-state index in [9.17, 15) is 4.79 Å². The predicted molar refractivity (Wildman–Crippen MR) is 76.3 cm³/mol. The molecule has 1 amide bonds. The summed E-state index contributed by atoms with van der Waals surface area (Å²) in [4.78, 5) is 17.7. The highest BCUT2D eigenvalue weighted by Crippen LogP contribution is 2.21. The zero-order valence-corrected chi connectivity index (χ0v) is 11.1. The van der Waals surface area contributed by atoms with Crippen LogP contribution in [0.25, 0.3) is 10.9 Å². The molecule has 2 N–H and O–H groups in total. The van der Waals surface area contributed by atoms with Crippen molar-refractivity contribution in [3.8, 4) is 0 Å². The number of rotatable bonds is 2. The smallest absolute Gasteiger partial charge is 0.254 e. The SMILES string of the molecule is CN(C(=O)c1cccc2[nH]ccc12)C1CCNCC1. The number of aromatic amines is 1. The highest BCUT2D eigenvalue weighted by atomic mass is 16.2. The van der Waals surface area contributed by atoms with Gasteiger partial charge in [-0.25, -0.2) is 0 Å². The van der Waals surface area contributed by atoms with Gasteiger partial charge in [-0.05, 0) is 44.1 Å². The number of H-pyrrole nitrogens is 1. The molecule has 2 aromatic rings. The van der Waals surface area contributed by atoms with E-state index in [-0.39, 0.29) is 5.91 Å². The average Bonchev–Trinajstić information content (AvgIpc) is 2.95. The van der Waals surface area contributed by atoms with Crippen LogP contribution in [-0.2, 0) is 0 Å². The first-order chi connectivity index (χ1) is 9.27. The minimum Gasteiger partial charge on any atom is -0.361 e. The second-order valence-corrected chi connectivity index (χ2v) is 5.14. The third-order valence-corrected chi connectivity index (χ3v) is 4.00. The lowest BCUT2D eigenvalue weighted by Gasteiger charge is -2.31. The molecule has 0 saturated carbocycles. The molecule has 0 radical (unpaired) electrons. The first-order valence-electron chi connectivity index (χ1n) is 6.81. The average molecular weight is 257 g/mol. The van der Waals surface area contributed by atoms with E-state index in [2.05, 4.69) is 10.3 Å². The molecule has 3 rings (SSSR count). The van der Waals surface area contributed by atoms with Gasteiger partial charge < -0.3 is 15.2 Å². The van der Waals surface area contributed by atoms with Gasteiger partial charge in [0.05, 0.1) is 0 Å². The molecule has 0 spiro atoms. The molecule has 4 heteroatoms. The third kappa shape index (κ3) is 2.24. The number of carbonyl (C=O) groups excluding carboxylic acids is 1. The summed E-state index contributed by atoms with van der Waals surface area (Å²) in [5.41, 5.74) is 1.81. The van der Waals surface area contributed by atoms with Crippen LogP contribution >= 0.6 is 0 Å². The van der Waals surface area contributed by atoms with Crippen LogP contribution in [0.5, 0.6) is 0 Å². The van der Waals surface area contributed by atoms with Crippen LogP contribution in [0.1, 0.15) is 23.2 Å². The summed E-state index contributed by atoms with van der Waals surface area (Å²) in [6, 6.07) is 8.16. The van der Waals surface area contributed by atoms with Crippen LogP contribution in [0.4, 0.5) is 0 Å². The molecule has 0 aliphatic carbocycles. The maximum absolute atomic E-state index is 12.6. The predicted octanol–water partition coefficient (Wildman–Crippen LogP) is 1.99. The summed E-state index contributed by atoms with van der Waals surface area (Å²) in [5, 5.41) is 4.34. The van der Waals surface area contributed by atoms with Crippen molar-refractivity contribution in [2.75, 3.05) is 20.1 Å². The van der Waals surface area contributed by atoms with E-state index < -0.39 is 0 Å². The van der Waals surface area contributed by atoms with Crippen molar-refractivity contribution in [1.82, 2.24) is 15.2 Å². The minimum atomic E-state index is 0.122. The Bertz CT molecular complexity index is 584. The van der Waals surface area contributed by atoms with Crippen LogP contribution in [0.15, 0.2) is 30.5 Å². The largest absolute Gasteiger partial charge is 0.361 e. The molecule has 100 valence electrons. The molecule has 1 saturated heterocycles. The molecule has 19 heavy (non-hydrogen) atoms. The van der Waals surface area contributed by atoms with Gasteiger partial charge in [-0.1, -0.05) is 6.07 Å². The van der Waals surface area contributed by atoms with Crippen LogP contribution < -0.4 is 5.32 Å². The molecule has 4 nitrogen and oxygen atoms in total. The number of carbonyl (C=O) groups is 1. The van der Waals surface area contributed by atoms with Crippen molar-refractivity contribution < 1.29 is 4.79 Å². The highest BCUT2D eigenvalue weighted by molar-refractivity contribution is 6.06. The van der Waals surface area contributed by atoms with Crippen molar-refractivity contribution in [3.05, 3.63) is 36.0 Å². The molecule has 1 aliphatic rings. The van der Waals surface area contributed by atoms with Crippen molar-refractivity contribution in [1.29, 1.82) is 0 Å². The number of nitrogens with zero attached hydrogens (tertiary/aromatic N) is 1. The Morgan fingerprint density at radius 1 is 1.26 bits per heavy atom. The van der Waals surface area contributed by atoms with Crippen molar-refractivity contribution >= 4 is 16.8 Å². The molecule has 2 heterocycles. The maximum Gasteiger partial charge on any atom is 0.254 e. The normalized spacial score (nSPS) is 16.7. The summed E-state index contributed by atoms with van der Waals surface area (Å²) < 4.78 is 0. The number of fused-ring (bicyclic) bond motifs is 1. The van der Waals surface area contributed by atoms with E-state index >= 15 is 0 Å². The zero-order chi connectivity index (χ0) is 13.2. The summed E-state index contributed by atoms with van der Waals surface area (Å²) in [6.45, 7) is 1.99. The molecule has 1 aromatic heterocycles. The van der Waals surface area contributed by atoms with Gasteiger partial charge >= 0.3 is 0 Å². The Morgan fingerprint density at radius 3 is 2.84 bits per heavy atom. The summed E-state index contributed by atoms with van der Waals surface area (Å²) in [6.07, 6.45) is 3.95. The van der Waals surface area contributed by atoms with Gasteiger partial charge in [0.1, 0.15) is 0 Å². The van der Waals surface area contributed by atoms with Gasteiger partial charge in [0, 0.05) is 35.8 Å². The lowest BCUT2D eigenvalue weighted by molar-refractivity contribution is 0.0705. The lowest BCUT2D eigenvalue weighted by atomic mass is 10.0. The number of hydrogen-bond acceptors (Lipinski definition) is 2. The molecule has 1 aliphatic heterocycles. The fourth-order valence-corrected chi connectivity index (χ4v) is 2.82. The van der Waals surface area contributed by atoms with Gasteiger partial charge in [0.25, 0.3) is 5.91 Å². The van der Waals surface area contributed by atoms with Crippen LogP contribution in [0.3, 0.4) is 0 Å². The maximum atomic E-state index is 12.6. The first-order valence-corrected chi connectivity index (χ1v) is 6.81. The van der Waals surface area contributed by atoms with E-state index in [1.807, 2.05) is 42.4 Å². The van der Waals surface area contributed by atoms with Gasteiger partial charge in [0.2, 0.25) is 0 Å². The standard InChI is InChI=1S/C15H19N3O/c1-18(11-5-8-16-9-6-11)15(19)13-3-2-4-14-12(13)7-10-17-14/h2-4,7,10-11,16-17H,5-6,8-9H2,1H3. The molecule has 0 atom stereocenters. The van der Waals surface area contributed by atoms with Gasteiger partial charge in [0.15, 0.2) is 0 Å². The quantitative estimate of drug-likeness (QED) is 0.864. The van der Waals surface area contributed by atoms with Crippen LogP contribution in [-0.4, -0.2) is 42.0 Å². The molecule has 0 unspecified atom stereocenters. The van der Waals surface area contributed by atoms with E-state index in [0.29, 0.717) is 6.04 Å². The first kappa shape index (κ1) is 12.2. The second-order valence-electron chi connectivity index (χ2n) is 5.14. The van der Waals surface area contributed by atoms with Gasteiger partial charge in [-0.15, -0.1) is 0 Å². The van der Waals surface area contributed by atoms with E-state index in [1.54, 1.807) is 0 Å². The number of nitrogens with one attached hydrogen (secondary N) is 2. The Hall–Kier alpha value is -1.81. The molecule has 0 bridgehead atoms. The van der Waals surface area contributed by atoms with Gasteiger partial charge in [-0.3, -0.25) is 4.79 Å². The van der Waals surface area contributed by atoms with Crippen LogP contribution in [0, 0.1) is 0 Å². The third-order valence-electron chi connectivity index (χ3n) is 4.00. The molecular weight excluding hydrogens is 238 g/mol. The summed E-state index contributed by atoms with van der Waals surface area (Å²) in [5.74, 6) is 0.122. The highest BCUT2D eigenvalue weighted by Gasteiger charge is 2.23. The molecule has 1 fully saturated rings. The minimum absolute atomic E-state index is 0.122. The van der Waals surface area contributed by atoms with Crippen molar-refractivity contribution in [3.63, 3.8) is 0 Å². The van der Waals surface area contributed by atoms with E-state index in [1.165, 1.54) is 0 Å². The Morgan fingerprint density at radius 2 is 2.05 bits per heavy atom. The number of amides is 1. The Labute approximate surface area is 112 Å². The van der Waals surface area contributed by atoms with Crippen molar-refractivity contribution in [2.24, 2.45) is 0 Å². The van der Waals surface area contributed by atoms with Crippen molar-refractivity contribution in [2.45, 2.75) is 18.9 Å². The van der Waals surface area contributed by atoms with E-state index in [4.69, 9.17) is 0 Å². The number of hydrogen-bond donors (Lipinski definition) is 2. The van der Waals surface area contributed by atoms with Crippen LogP contribution in [0.2, 0.25) is 0 Å².